The van der Waals surface area contributed by atoms with Gasteiger partial charge >= 0.3 is 0 Å². The lowest BCUT2D eigenvalue weighted by Gasteiger charge is -2.44. The zero-order valence-electron chi connectivity index (χ0n) is 18.9. The van der Waals surface area contributed by atoms with E-state index in [1.54, 1.807) is 24.1 Å². The van der Waals surface area contributed by atoms with Crippen molar-refractivity contribution in [3.8, 4) is 22.8 Å². The molecule has 2 aromatic heterocycles. The molecule has 0 saturated carbocycles. The van der Waals surface area contributed by atoms with Gasteiger partial charge < -0.3 is 19.5 Å². The summed E-state index contributed by atoms with van der Waals surface area (Å²) >= 11 is 0. The van der Waals surface area contributed by atoms with Gasteiger partial charge in [-0.05, 0) is 36.8 Å². The molecule has 8 heteroatoms. The van der Waals surface area contributed by atoms with Crippen LogP contribution >= 0.6 is 0 Å². The first-order valence-electron chi connectivity index (χ1n) is 11.3. The molecule has 2 aliphatic heterocycles. The number of pyridine rings is 1. The number of hydrogen-bond acceptors (Lipinski definition) is 6. The monoisotopic (exact) mass is 448 g/mol. The molecule has 3 aromatic rings. The molecule has 1 spiro atoms. The second-order valence-corrected chi connectivity index (χ2v) is 8.53. The highest BCUT2D eigenvalue weighted by atomic mass is 16.5. The normalized spacial score (nSPS) is 18.9. The van der Waals surface area contributed by atoms with Gasteiger partial charge in [-0.15, -0.1) is 0 Å². The van der Waals surface area contributed by atoms with E-state index < -0.39 is 0 Å². The number of nitrogens with one attached hydrogen (secondary N) is 1. The maximum atomic E-state index is 13.1. The van der Waals surface area contributed by atoms with Gasteiger partial charge in [-0.3, -0.25) is 9.48 Å². The van der Waals surface area contributed by atoms with Gasteiger partial charge in [0.25, 0.3) is 5.91 Å². The maximum absolute atomic E-state index is 13.1. The number of benzene rings is 1. The van der Waals surface area contributed by atoms with Crippen LogP contribution in [0.2, 0.25) is 0 Å². The van der Waals surface area contributed by atoms with Crippen molar-refractivity contribution in [3.05, 3.63) is 60.0 Å². The second kappa shape index (κ2) is 8.86. The van der Waals surface area contributed by atoms with Crippen LogP contribution in [0.1, 0.15) is 48.3 Å². The number of rotatable bonds is 5. The van der Waals surface area contributed by atoms with Crippen LogP contribution in [-0.4, -0.2) is 46.6 Å². The smallest absolute Gasteiger partial charge is 0.272 e. The Morgan fingerprint density at radius 3 is 2.73 bits per heavy atom. The average Bonchev–Trinajstić information content (AvgIpc) is 3.34. The Kier molecular flexibility index (Phi) is 5.76. The first-order chi connectivity index (χ1) is 16.1. The van der Waals surface area contributed by atoms with Gasteiger partial charge in [0, 0.05) is 55.4 Å². The number of methoxy groups -OCH3 is 1. The SMILES string of the molecule is CCn1ccc(C(=O)NC2CC3(CCOCC3)Oc3ccc(-c4ccc(OC)nc4)cc32)n1. The third-order valence-electron chi connectivity index (χ3n) is 6.47. The van der Waals surface area contributed by atoms with Crippen molar-refractivity contribution in [2.24, 2.45) is 0 Å². The van der Waals surface area contributed by atoms with Gasteiger partial charge in [-0.2, -0.15) is 5.10 Å². The Labute approximate surface area is 192 Å². The predicted molar refractivity (Wildman–Crippen MR) is 122 cm³/mol. The molecule has 1 unspecified atom stereocenters. The number of aryl methyl sites for hydroxylation is 1. The Morgan fingerprint density at radius 2 is 2.03 bits per heavy atom. The van der Waals surface area contributed by atoms with Crippen LogP contribution in [0.5, 0.6) is 11.6 Å². The van der Waals surface area contributed by atoms with Crippen LogP contribution < -0.4 is 14.8 Å². The summed E-state index contributed by atoms with van der Waals surface area (Å²) in [5, 5.41) is 7.59. The van der Waals surface area contributed by atoms with Crippen molar-refractivity contribution in [2.45, 2.75) is 44.4 Å². The summed E-state index contributed by atoms with van der Waals surface area (Å²) in [4.78, 5) is 17.4. The number of ether oxygens (including phenoxy) is 3. The van der Waals surface area contributed by atoms with Crippen LogP contribution in [0.4, 0.5) is 0 Å². The summed E-state index contributed by atoms with van der Waals surface area (Å²) in [6.45, 7) is 4.03. The zero-order valence-corrected chi connectivity index (χ0v) is 18.9. The summed E-state index contributed by atoms with van der Waals surface area (Å²) in [5.41, 5.74) is 3.02. The molecule has 4 heterocycles. The minimum atomic E-state index is -0.338. The van der Waals surface area contributed by atoms with Gasteiger partial charge in [-0.1, -0.05) is 6.07 Å². The molecule has 0 aliphatic carbocycles. The number of fused-ring (bicyclic) bond motifs is 1. The number of hydrogen-bond donors (Lipinski definition) is 1. The van der Waals surface area contributed by atoms with Crippen LogP contribution in [0.15, 0.2) is 48.8 Å². The molecule has 5 rings (SSSR count). The Bertz CT molecular complexity index is 1140. The van der Waals surface area contributed by atoms with E-state index in [1.807, 2.05) is 37.4 Å². The van der Waals surface area contributed by atoms with Crippen molar-refractivity contribution < 1.29 is 19.0 Å². The maximum Gasteiger partial charge on any atom is 0.272 e. The predicted octanol–water partition coefficient (Wildman–Crippen LogP) is 3.78. The standard InChI is InChI=1S/C25H28N4O4/c1-3-29-11-8-20(28-29)24(30)27-21-15-25(9-12-32-13-10-25)33-22-6-4-17(14-19(21)22)18-5-7-23(31-2)26-16-18/h4-8,11,14,16,21H,3,9-10,12-13,15H2,1-2H3,(H,27,30). The van der Waals surface area contributed by atoms with Gasteiger partial charge in [0.05, 0.1) is 26.4 Å². The summed E-state index contributed by atoms with van der Waals surface area (Å²) in [7, 11) is 1.60. The first-order valence-corrected chi connectivity index (χ1v) is 11.3. The fraction of sp³-hybridized carbons (Fsp3) is 0.400. The number of amides is 1. The summed E-state index contributed by atoms with van der Waals surface area (Å²) in [6, 6.07) is 11.5. The van der Waals surface area contributed by atoms with Crippen LogP contribution in [0, 0.1) is 0 Å². The molecule has 0 bridgehead atoms. The first kappa shape index (κ1) is 21.5. The van der Waals surface area contributed by atoms with E-state index in [-0.39, 0.29) is 17.6 Å². The number of nitrogens with zero attached hydrogens (tertiary/aromatic N) is 3. The van der Waals surface area contributed by atoms with Gasteiger partial charge in [0.15, 0.2) is 0 Å². The molecule has 2 aliphatic rings. The molecule has 1 N–H and O–H groups in total. The highest BCUT2D eigenvalue weighted by molar-refractivity contribution is 5.92. The molecular formula is C25H28N4O4. The topological polar surface area (TPSA) is 87.5 Å². The molecule has 1 aromatic carbocycles. The minimum absolute atomic E-state index is 0.182. The zero-order chi connectivity index (χ0) is 22.8. The van der Waals surface area contributed by atoms with Crippen LogP contribution in [0.25, 0.3) is 11.1 Å². The molecule has 1 atom stereocenters. The average molecular weight is 449 g/mol. The van der Waals surface area contributed by atoms with E-state index >= 15 is 0 Å². The van der Waals surface area contributed by atoms with E-state index in [4.69, 9.17) is 14.2 Å². The van der Waals surface area contributed by atoms with E-state index in [2.05, 4.69) is 21.5 Å². The van der Waals surface area contributed by atoms with Crippen LogP contribution in [-0.2, 0) is 11.3 Å². The van der Waals surface area contributed by atoms with Crippen molar-refractivity contribution in [1.82, 2.24) is 20.1 Å². The minimum Gasteiger partial charge on any atom is -0.487 e. The molecule has 33 heavy (non-hydrogen) atoms. The fourth-order valence-corrected chi connectivity index (χ4v) is 4.59. The lowest BCUT2D eigenvalue weighted by Crippen LogP contribution is -2.48. The third-order valence-corrected chi connectivity index (χ3v) is 6.47. The van der Waals surface area contributed by atoms with Gasteiger partial charge in [0.2, 0.25) is 5.88 Å². The van der Waals surface area contributed by atoms with Crippen molar-refractivity contribution in [3.63, 3.8) is 0 Å². The molecule has 1 fully saturated rings. The highest BCUT2D eigenvalue weighted by Gasteiger charge is 2.43. The lowest BCUT2D eigenvalue weighted by molar-refractivity contribution is -0.0639. The van der Waals surface area contributed by atoms with E-state index in [0.717, 1.165) is 41.8 Å². The summed E-state index contributed by atoms with van der Waals surface area (Å²) in [5.74, 6) is 1.19. The molecular weight excluding hydrogens is 420 g/mol. The van der Waals surface area contributed by atoms with Crippen molar-refractivity contribution in [2.75, 3.05) is 20.3 Å². The van der Waals surface area contributed by atoms with Crippen molar-refractivity contribution >= 4 is 5.91 Å². The second-order valence-electron chi connectivity index (χ2n) is 8.53. The third kappa shape index (κ3) is 4.30. The van der Waals surface area contributed by atoms with Crippen LogP contribution in [0.3, 0.4) is 0 Å². The number of carbonyl (C=O) groups is 1. The van der Waals surface area contributed by atoms with Crippen molar-refractivity contribution in [1.29, 1.82) is 0 Å². The molecule has 1 amide bonds. The largest absolute Gasteiger partial charge is 0.487 e. The number of carbonyl (C=O) groups excluding carboxylic acids is 1. The van der Waals surface area contributed by atoms with Gasteiger partial charge in [0.1, 0.15) is 17.0 Å². The summed E-state index contributed by atoms with van der Waals surface area (Å²) in [6.07, 6.45) is 5.89. The molecule has 8 nitrogen and oxygen atoms in total. The van der Waals surface area contributed by atoms with E-state index in [9.17, 15) is 4.79 Å². The van der Waals surface area contributed by atoms with E-state index in [1.165, 1.54) is 0 Å². The lowest BCUT2D eigenvalue weighted by atomic mass is 9.81. The quantitative estimate of drug-likeness (QED) is 0.639. The number of aromatic nitrogens is 3. The Hall–Kier alpha value is -3.39. The Morgan fingerprint density at radius 1 is 1.21 bits per heavy atom. The van der Waals surface area contributed by atoms with Gasteiger partial charge in [-0.25, -0.2) is 4.98 Å². The fourth-order valence-electron chi connectivity index (χ4n) is 4.59. The highest BCUT2D eigenvalue weighted by Crippen LogP contribution is 2.45. The molecule has 172 valence electrons. The molecule has 0 radical (unpaired) electrons. The molecule has 1 saturated heterocycles. The summed E-state index contributed by atoms with van der Waals surface area (Å²) < 4.78 is 19.1. The van der Waals surface area contributed by atoms with E-state index in [0.29, 0.717) is 31.2 Å². The Balaban J connectivity index is 1.48.